The van der Waals surface area contributed by atoms with Gasteiger partial charge in [0.15, 0.2) is 0 Å². The van der Waals surface area contributed by atoms with E-state index in [9.17, 15) is 13.2 Å². The molecule has 0 spiro atoms. The van der Waals surface area contributed by atoms with Crippen molar-refractivity contribution in [1.29, 1.82) is 0 Å². The van der Waals surface area contributed by atoms with Crippen LogP contribution in [0.4, 0.5) is 13.2 Å². The van der Waals surface area contributed by atoms with Gasteiger partial charge in [-0.05, 0) is 27.7 Å². The van der Waals surface area contributed by atoms with Crippen LogP contribution in [0.5, 0.6) is 0 Å². The lowest BCUT2D eigenvalue weighted by Gasteiger charge is -2.48. The molecule has 3 nitrogen and oxygen atoms in total. The van der Waals surface area contributed by atoms with Crippen molar-refractivity contribution in [1.82, 2.24) is 4.90 Å². The third-order valence-corrected chi connectivity index (χ3v) is 2.99. The minimum atomic E-state index is -4.23. The zero-order valence-corrected chi connectivity index (χ0v) is 11.5. The monoisotopic (exact) mass is 268 g/mol. The molecular weight excluding hydrogens is 245 g/mol. The topological polar surface area (TPSA) is 38.5 Å². The standard InChI is InChI=1S/C12H23F3N2O/c1-10(2)7-17(8-11(3,4)18-10)6-9(5-16)12(13,14)15/h9H,5-8,16H2,1-4H3. The van der Waals surface area contributed by atoms with Gasteiger partial charge in [-0.2, -0.15) is 13.2 Å². The van der Waals surface area contributed by atoms with Gasteiger partial charge in [0, 0.05) is 26.2 Å². The molecule has 1 unspecified atom stereocenters. The molecule has 0 aromatic carbocycles. The molecule has 0 bridgehead atoms. The lowest BCUT2D eigenvalue weighted by atomic mass is 9.97. The van der Waals surface area contributed by atoms with Crippen molar-refractivity contribution in [3.63, 3.8) is 0 Å². The van der Waals surface area contributed by atoms with Crippen LogP contribution in [0.2, 0.25) is 0 Å². The Morgan fingerprint density at radius 1 is 1.17 bits per heavy atom. The summed E-state index contributed by atoms with van der Waals surface area (Å²) in [6.07, 6.45) is -4.23. The minimum Gasteiger partial charge on any atom is -0.367 e. The van der Waals surface area contributed by atoms with E-state index in [0.717, 1.165) is 0 Å². The Labute approximate surface area is 106 Å². The zero-order chi connectivity index (χ0) is 14.2. The highest BCUT2D eigenvalue weighted by Gasteiger charge is 2.43. The molecule has 108 valence electrons. The van der Waals surface area contributed by atoms with E-state index in [1.807, 2.05) is 27.7 Å². The van der Waals surface area contributed by atoms with E-state index in [4.69, 9.17) is 10.5 Å². The number of rotatable bonds is 3. The molecule has 6 heteroatoms. The highest BCUT2D eigenvalue weighted by Crippen LogP contribution is 2.31. The molecule has 1 saturated heterocycles. The van der Waals surface area contributed by atoms with E-state index in [0.29, 0.717) is 13.1 Å². The zero-order valence-electron chi connectivity index (χ0n) is 11.5. The Morgan fingerprint density at radius 2 is 1.61 bits per heavy atom. The van der Waals surface area contributed by atoms with Gasteiger partial charge in [0.1, 0.15) is 0 Å². The Morgan fingerprint density at radius 3 is 1.94 bits per heavy atom. The Bertz CT molecular complexity index is 274. The summed E-state index contributed by atoms with van der Waals surface area (Å²) in [5.41, 5.74) is 4.36. The van der Waals surface area contributed by atoms with E-state index in [1.54, 1.807) is 4.90 Å². The number of hydrogen-bond donors (Lipinski definition) is 1. The van der Waals surface area contributed by atoms with E-state index >= 15 is 0 Å². The van der Waals surface area contributed by atoms with Crippen molar-refractivity contribution in [3.05, 3.63) is 0 Å². The van der Waals surface area contributed by atoms with Gasteiger partial charge < -0.3 is 10.5 Å². The lowest BCUT2D eigenvalue weighted by molar-refractivity contribution is -0.205. The van der Waals surface area contributed by atoms with E-state index < -0.39 is 23.3 Å². The second kappa shape index (κ2) is 4.98. The number of nitrogens with two attached hydrogens (primary N) is 1. The van der Waals surface area contributed by atoms with Crippen molar-refractivity contribution in [3.8, 4) is 0 Å². The maximum absolute atomic E-state index is 12.7. The Kier molecular flexibility index (Phi) is 4.35. The highest BCUT2D eigenvalue weighted by atomic mass is 19.4. The molecule has 1 rings (SSSR count). The Hall–Kier alpha value is -0.330. The number of ether oxygens (including phenoxy) is 1. The molecule has 2 N–H and O–H groups in total. The fourth-order valence-corrected chi connectivity index (χ4v) is 2.70. The molecule has 0 aliphatic carbocycles. The van der Waals surface area contributed by atoms with Crippen LogP contribution in [0.15, 0.2) is 0 Å². The molecule has 0 aromatic rings. The molecule has 1 atom stereocenters. The molecule has 18 heavy (non-hydrogen) atoms. The predicted octanol–water partition coefficient (Wildman–Crippen LogP) is 2.01. The van der Waals surface area contributed by atoms with E-state index in [-0.39, 0.29) is 13.1 Å². The van der Waals surface area contributed by atoms with Gasteiger partial charge in [-0.1, -0.05) is 0 Å². The first kappa shape index (κ1) is 15.7. The summed E-state index contributed by atoms with van der Waals surface area (Å²) < 4.78 is 44.0. The van der Waals surface area contributed by atoms with Crippen LogP contribution >= 0.6 is 0 Å². The maximum atomic E-state index is 12.7. The molecule has 1 aliphatic heterocycles. The third kappa shape index (κ3) is 4.40. The SMILES string of the molecule is CC1(C)CN(CC(CN)C(F)(F)F)CC(C)(C)O1. The van der Waals surface area contributed by atoms with Crippen LogP contribution in [0.25, 0.3) is 0 Å². The van der Waals surface area contributed by atoms with Gasteiger partial charge in [0.2, 0.25) is 0 Å². The first-order valence-corrected chi connectivity index (χ1v) is 6.14. The fraction of sp³-hybridized carbons (Fsp3) is 1.00. The van der Waals surface area contributed by atoms with Crippen molar-refractivity contribution in [2.45, 2.75) is 45.1 Å². The van der Waals surface area contributed by atoms with Crippen LogP contribution in [0, 0.1) is 5.92 Å². The summed E-state index contributed by atoms with van der Waals surface area (Å²) in [6.45, 7) is 8.12. The first-order chi connectivity index (χ1) is 7.95. The molecule has 1 aliphatic rings. The van der Waals surface area contributed by atoms with Crippen molar-refractivity contribution in [2.24, 2.45) is 11.7 Å². The predicted molar refractivity (Wildman–Crippen MR) is 64.3 cm³/mol. The van der Waals surface area contributed by atoms with Crippen molar-refractivity contribution < 1.29 is 17.9 Å². The van der Waals surface area contributed by atoms with E-state index in [2.05, 4.69) is 0 Å². The average Bonchev–Trinajstić information content (AvgIpc) is 2.06. The maximum Gasteiger partial charge on any atom is 0.394 e. The summed E-state index contributed by atoms with van der Waals surface area (Å²) in [5, 5.41) is 0. The second-order valence-electron chi connectivity index (χ2n) is 6.27. The van der Waals surface area contributed by atoms with Crippen LogP contribution in [-0.2, 0) is 4.74 Å². The van der Waals surface area contributed by atoms with Gasteiger partial charge in [-0.15, -0.1) is 0 Å². The number of morpholine rings is 1. The van der Waals surface area contributed by atoms with Crippen molar-refractivity contribution >= 4 is 0 Å². The highest BCUT2D eigenvalue weighted by molar-refractivity contribution is 4.90. The Balaban J connectivity index is 2.72. The third-order valence-electron chi connectivity index (χ3n) is 2.99. The van der Waals surface area contributed by atoms with E-state index in [1.165, 1.54) is 0 Å². The van der Waals surface area contributed by atoms with Gasteiger partial charge in [0.05, 0.1) is 17.1 Å². The summed E-state index contributed by atoms with van der Waals surface area (Å²) in [6, 6.07) is 0. The normalized spacial score (nSPS) is 26.0. The average molecular weight is 268 g/mol. The van der Waals surface area contributed by atoms with Gasteiger partial charge >= 0.3 is 6.18 Å². The molecule has 0 saturated carbocycles. The first-order valence-electron chi connectivity index (χ1n) is 6.14. The molecule has 0 amide bonds. The second-order valence-corrected chi connectivity index (χ2v) is 6.27. The van der Waals surface area contributed by atoms with Crippen LogP contribution < -0.4 is 5.73 Å². The van der Waals surface area contributed by atoms with Crippen LogP contribution in [0.3, 0.4) is 0 Å². The summed E-state index contributed by atoms with van der Waals surface area (Å²) in [5.74, 6) is -1.47. The van der Waals surface area contributed by atoms with Gasteiger partial charge in [-0.25, -0.2) is 0 Å². The molecular formula is C12H23F3N2O. The largest absolute Gasteiger partial charge is 0.394 e. The van der Waals surface area contributed by atoms with Gasteiger partial charge in [0.25, 0.3) is 0 Å². The summed E-state index contributed by atoms with van der Waals surface area (Å²) in [7, 11) is 0. The van der Waals surface area contributed by atoms with Crippen molar-refractivity contribution in [2.75, 3.05) is 26.2 Å². The number of halogens is 3. The van der Waals surface area contributed by atoms with Crippen LogP contribution in [-0.4, -0.2) is 48.5 Å². The summed E-state index contributed by atoms with van der Waals surface area (Å²) >= 11 is 0. The quantitative estimate of drug-likeness (QED) is 0.851. The number of alkyl halides is 3. The summed E-state index contributed by atoms with van der Waals surface area (Å²) in [4.78, 5) is 1.80. The molecule has 0 radical (unpaired) electrons. The molecule has 1 heterocycles. The molecule has 0 aromatic heterocycles. The van der Waals surface area contributed by atoms with Crippen LogP contribution in [0.1, 0.15) is 27.7 Å². The smallest absolute Gasteiger partial charge is 0.367 e. The number of hydrogen-bond acceptors (Lipinski definition) is 3. The minimum absolute atomic E-state index is 0.0593. The number of nitrogens with zero attached hydrogens (tertiary/aromatic N) is 1. The lowest BCUT2D eigenvalue weighted by Crippen LogP contribution is -2.59. The van der Waals surface area contributed by atoms with Gasteiger partial charge in [-0.3, -0.25) is 4.90 Å². The molecule has 1 fully saturated rings. The fourth-order valence-electron chi connectivity index (χ4n) is 2.70.